The van der Waals surface area contributed by atoms with Gasteiger partial charge in [-0.15, -0.1) is 0 Å². The Morgan fingerprint density at radius 1 is 1.21 bits per heavy atom. The Kier molecular flexibility index (Phi) is 5.52. The van der Waals surface area contributed by atoms with Crippen LogP contribution < -0.4 is 0 Å². The number of carbonyl (C=O) groups excluding carboxylic acids is 2. The number of carbonyl (C=O) groups is 2. The highest BCUT2D eigenvalue weighted by Gasteiger charge is 2.46. The Balaban J connectivity index is 2.30. The van der Waals surface area contributed by atoms with Gasteiger partial charge in [-0.3, -0.25) is 4.79 Å². The van der Waals surface area contributed by atoms with E-state index in [4.69, 9.17) is 9.47 Å². The quantitative estimate of drug-likeness (QED) is 0.794. The standard InChI is InChI=1S/C19H27NO4/c1-5-23-16(21)19(15-10-7-6-8-11-15)12-9-13-20(14-19)17(22)24-18(2,3)4/h6-8,10-11H,5,9,12-14H2,1-4H3/t19-/m0/s1. The first-order valence-electron chi connectivity index (χ1n) is 8.49. The highest BCUT2D eigenvalue weighted by Crippen LogP contribution is 2.36. The van der Waals surface area contributed by atoms with E-state index in [1.807, 2.05) is 51.1 Å². The molecule has 0 N–H and O–H groups in total. The topological polar surface area (TPSA) is 55.8 Å². The van der Waals surface area contributed by atoms with Crippen LogP contribution >= 0.6 is 0 Å². The fourth-order valence-corrected chi connectivity index (χ4v) is 3.08. The normalized spacial score (nSPS) is 21.2. The predicted octanol–water partition coefficient (Wildman–Crippen LogP) is 3.52. The first-order chi connectivity index (χ1) is 11.3. The van der Waals surface area contributed by atoms with Gasteiger partial charge < -0.3 is 14.4 Å². The molecule has 1 amide bonds. The molecule has 2 rings (SSSR count). The molecule has 0 unspecified atom stereocenters. The Bertz CT molecular complexity index is 579. The maximum Gasteiger partial charge on any atom is 0.410 e. The van der Waals surface area contributed by atoms with Crippen LogP contribution in [0.4, 0.5) is 4.79 Å². The number of hydrogen-bond donors (Lipinski definition) is 0. The summed E-state index contributed by atoms with van der Waals surface area (Å²) in [4.78, 5) is 26.9. The zero-order valence-corrected chi connectivity index (χ0v) is 15.0. The van der Waals surface area contributed by atoms with Crippen LogP contribution in [0.25, 0.3) is 0 Å². The lowest BCUT2D eigenvalue weighted by Crippen LogP contribution is -2.54. The van der Waals surface area contributed by atoms with Gasteiger partial charge in [0.15, 0.2) is 0 Å². The molecule has 1 aromatic rings. The molecule has 1 aliphatic rings. The Labute approximate surface area is 143 Å². The average molecular weight is 333 g/mol. The summed E-state index contributed by atoms with van der Waals surface area (Å²) < 4.78 is 10.8. The summed E-state index contributed by atoms with van der Waals surface area (Å²) >= 11 is 0. The molecule has 1 fully saturated rings. The predicted molar refractivity (Wildman–Crippen MR) is 91.8 cm³/mol. The van der Waals surface area contributed by atoms with Crippen LogP contribution in [0.1, 0.15) is 46.1 Å². The van der Waals surface area contributed by atoms with Gasteiger partial charge in [0.25, 0.3) is 0 Å². The molecule has 0 saturated carbocycles. The van der Waals surface area contributed by atoms with Gasteiger partial charge in [-0.25, -0.2) is 4.79 Å². The van der Waals surface area contributed by atoms with Crippen molar-refractivity contribution in [1.82, 2.24) is 4.90 Å². The molecule has 1 aromatic carbocycles. The summed E-state index contributed by atoms with van der Waals surface area (Å²) in [5, 5.41) is 0. The molecule has 0 bridgehead atoms. The summed E-state index contributed by atoms with van der Waals surface area (Å²) in [6, 6.07) is 9.58. The van der Waals surface area contributed by atoms with E-state index in [1.54, 1.807) is 11.8 Å². The minimum absolute atomic E-state index is 0.274. The third-order valence-electron chi connectivity index (χ3n) is 4.14. The van der Waals surface area contributed by atoms with Gasteiger partial charge in [-0.2, -0.15) is 0 Å². The van der Waals surface area contributed by atoms with Gasteiger partial charge in [0.05, 0.1) is 6.61 Å². The molecular weight excluding hydrogens is 306 g/mol. The lowest BCUT2D eigenvalue weighted by atomic mass is 9.74. The number of ether oxygens (including phenoxy) is 2. The smallest absolute Gasteiger partial charge is 0.410 e. The monoisotopic (exact) mass is 333 g/mol. The molecule has 1 saturated heterocycles. The third kappa shape index (κ3) is 4.08. The van der Waals surface area contributed by atoms with Crippen LogP contribution in [-0.4, -0.2) is 42.3 Å². The summed E-state index contributed by atoms with van der Waals surface area (Å²) in [6.07, 6.45) is 1.01. The van der Waals surface area contributed by atoms with Crippen LogP contribution in [0.3, 0.4) is 0 Å². The maximum absolute atomic E-state index is 12.8. The van der Waals surface area contributed by atoms with Crippen molar-refractivity contribution in [2.45, 2.75) is 51.6 Å². The van der Waals surface area contributed by atoms with E-state index in [9.17, 15) is 9.59 Å². The lowest BCUT2D eigenvalue weighted by molar-refractivity contribution is -0.152. The molecule has 0 radical (unpaired) electrons. The number of benzene rings is 1. The third-order valence-corrected chi connectivity index (χ3v) is 4.14. The van der Waals surface area contributed by atoms with Crippen LogP contribution in [-0.2, 0) is 19.7 Å². The van der Waals surface area contributed by atoms with Crippen LogP contribution in [0.2, 0.25) is 0 Å². The number of amides is 1. The van der Waals surface area contributed by atoms with Crippen molar-refractivity contribution in [3.8, 4) is 0 Å². The summed E-state index contributed by atoms with van der Waals surface area (Å²) in [6.45, 7) is 8.50. The van der Waals surface area contributed by atoms with Crippen molar-refractivity contribution >= 4 is 12.1 Å². The second-order valence-corrected chi connectivity index (χ2v) is 7.17. The molecule has 132 valence electrons. The highest BCUT2D eigenvalue weighted by atomic mass is 16.6. The fourth-order valence-electron chi connectivity index (χ4n) is 3.08. The van der Waals surface area contributed by atoms with Gasteiger partial charge in [-0.1, -0.05) is 30.3 Å². The van der Waals surface area contributed by atoms with Crippen molar-refractivity contribution in [2.24, 2.45) is 0 Å². The van der Waals surface area contributed by atoms with E-state index in [1.165, 1.54) is 0 Å². The molecule has 0 spiro atoms. The van der Waals surface area contributed by atoms with Gasteiger partial charge in [0, 0.05) is 13.1 Å². The van der Waals surface area contributed by atoms with Crippen LogP contribution in [0.15, 0.2) is 30.3 Å². The number of nitrogens with zero attached hydrogens (tertiary/aromatic N) is 1. The van der Waals surface area contributed by atoms with Gasteiger partial charge >= 0.3 is 12.1 Å². The number of piperidine rings is 1. The zero-order chi connectivity index (χ0) is 17.8. The Morgan fingerprint density at radius 3 is 2.46 bits per heavy atom. The molecule has 1 heterocycles. The van der Waals surface area contributed by atoms with Crippen molar-refractivity contribution in [1.29, 1.82) is 0 Å². The van der Waals surface area contributed by atoms with E-state index < -0.39 is 11.0 Å². The summed E-state index contributed by atoms with van der Waals surface area (Å²) in [5.74, 6) is -0.274. The van der Waals surface area contributed by atoms with Crippen LogP contribution in [0.5, 0.6) is 0 Å². The van der Waals surface area contributed by atoms with Gasteiger partial charge in [-0.05, 0) is 46.1 Å². The number of likely N-dealkylation sites (tertiary alicyclic amines) is 1. The van der Waals surface area contributed by atoms with Gasteiger partial charge in [0.1, 0.15) is 11.0 Å². The first-order valence-corrected chi connectivity index (χ1v) is 8.49. The Morgan fingerprint density at radius 2 is 1.88 bits per heavy atom. The van der Waals surface area contributed by atoms with E-state index in [-0.39, 0.29) is 18.6 Å². The lowest BCUT2D eigenvalue weighted by Gasteiger charge is -2.41. The average Bonchev–Trinajstić information content (AvgIpc) is 2.54. The minimum Gasteiger partial charge on any atom is -0.465 e. The van der Waals surface area contributed by atoms with E-state index in [2.05, 4.69) is 0 Å². The van der Waals surface area contributed by atoms with Crippen molar-refractivity contribution in [2.75, 3.05) is 19.7 Å². The van der Waals surface area contributed by atoms with Crippen LogP contribution in [0, 0.1) is 0 Å². The Hall–Kier alpha value is -2.04. The van der Waals surface area contributed by atoms with Crippen molar-refractivity contribution in [3.63, 3.8) is 0 Å². The second kappa shape index (κ2) is 7.24. The SMILES string of the molecule is CCOC(=O)[C@@]1(c2ccccc2)CCCN(C(=O)OC(C)(C)C)C1. The van der Waals surface area contributed by atoms with Crippen molar-refractivity contribution in [3.05, 3.63) is 35.9 Å². The number of esters is 1. The van der Waals surface area contributed by atoms with Crippen molar-refractivity contribution < 1.29 is 19.1 Å². The summed E-state index contributed by atoms with van der Waals surface area (Å²) in [5.41, 5.74) is -0.503. The largest absolute Gasteiger partial charge is 0.465 e. The first kappa shape index (κ1) is 18.3. The molecule has 1 aliphatic heterocycles. The van der Waals surface area contributed by atoms with Gasteiger partial charge in [0.2, 0.25) is 0 Å². The molecule has 1 atom stereocenters. The molecular formula is C19H27NO4. The molecule has 24 heavy (non-hydrogen) atoms. The van der Waals surface area contributed by atoms with E-state index >= 15 is 0 Å². The zero-order valence-electron chi connectivity index (χ0n) is 15.0. The highest BCUT2D eigenvalue weighted by molar-refractivity contribution is 5.85. The molecule has 0 aromatic heterocycles. The van der Waals surface area contributed by atoms with E-state index in [0.717, 1.165) is 12.0 Å². The van der Waals surface area contributed by atoms with E-state index in [0.29, 0.717) is 19.6 Å². The number of hydrogen-bond acceptors (Lipinski definition) is 4. The minimum atomic E-state index is -0.827. The molecule has 5 nitrogen and oxygen atoms in total. The summed E-state index contributed by atoms with van der Waals surface area (Å²) in [7, 11) is 0. The fraction of sp³-hybridized carbons (Fsp3) is 0.579. The number of rotatable bonds is 3. The molecule has 0 aliphatic carbocycles. The molecule has 5 heteroatoms. The maximum atomic E-state index is 12.8. The second-order valence-electron chi connectivity index (χ2n) is 7.17.